The van der Waals surface area contributed by atoms with Crippen LogP contribution in [0.4, 0.5) is 4.79 Å². The minimum Gasteiger partial charge on any atom is -0.453 e. The van der Waals surface area contributed by atoms with Gasteiger partial charge in [-0.2, -0.15) is 5.10 Å². The maximum atomic E-state index is 12.6. The van der Waals surface area contributed by atoms with Crippen molar-refractivity contribution in [3.8, 4) is 0 Å². The molecule has 3 rings (SSSR count). The van der Waals surface area contributed by atoms with Crippen LogP contribution in [0.1, 0.15) is 55.5 Å². The van der Waals surface area contributed by atoms with Gasteiger partial charge in [-0.25, -0.2) is 4.79 Å². The average Bonchev–Trinajstić information content (AvgIpc) is 2.85. The van der Waals surface area contributed by atoms with Gasteiger partial charge >= 0.3 is 6.09 Å². The van der Waals surface area contributed by atoms with Gasteiger partial charge in [0.1, 0.15) is 6.04 Å². The SMILES string of the molecule is COC(=O)N1CCCC[C@H]1C(=O)NCc1n[nH]c2c1CCCCC2. The van der Waals surface area contributed by atoms with Gasteiger partial charge in [-0.05, 0) is 50.5 Å². The van der Waals surface area contributed by atoms with Crippen molar-refractivity contribution < 1.29 is 14.3 Å². The largest absolute Gasteiger partial charge is 0.453 e. The molecule has 0 radical (unpaired) electrons. The summed E-state index contributed by atoms with van der Waals surface area (Å²) in [5.74, 6) is -0.120. The number of H-pyrrole nitrogens is 1. The number of likely N-dealkylation sites (tertiary alicyclic amines) is 1. The molecule has 24 heavy (non-hydrogen) atoms. The van der Waals surface area contributed by atoms with E-state index in [1.165, 1.54) is 42.5 Å². The molecule has 0 spiro atoms. The molecule has 2 amide bonds. The monoisotopic (exact) mass is 334 g/mol. The highest BCUT2D eigenvalue weighted by Gasteiger charge is 2.32. The first kappa shape index (κ1) is 16.8. The molecular formula is C17H26N4O3. The number of hydrogen-bond acceptors (Lipinski definition) is 4. The molecule has 1 saturated heterocycles. The Kier molecular flexibility index (Phi) is 5.37. The van der Waals surface area contributed by atoms with Crippen LogP contribution in [0.3, 0.4) is 0 Å². The summed E-state index contributed by atoms with van der Waals surface area (Å²) in [6.45, 7) is 0.985. The van der Waals surface area contributed by atoms with E-state index >= 15 is 0 Å². The number of amides is 2. The van der Waals surface area contributed by atoms with Gasteiger partial charge in [-0.3, -0.25) is 14.8 Å². The molecule has 1 aromatic rings. The molecule has 2 aliphatic rings. The molecule has 1 aromatic heterocycles. The minimum atomic E-state index is -0.441. The molecule has 0 saturated carbocycles. The molecule has 0 bridgehead atoms. The van der Waals surface area contributed by atoms with Gasteiger partial charge < -0.3 is 10.1 Å². The maximum absolute atomic E-state index is 12.6. The van der Waals surface area contributed by atoms with Crippen molar-refractivity contribution >= 4 is 12.0 Å². The number of fused-ring (bicyclic) bond motifs is 1. The number of methoxy groups -OCH3 is 1. The molecule has 7 heteroatoms. The number of aromatic amines is 1. The van der Waals surface area contributed by atoms with Crippen LogP contribution >= 0.6 is 0 Å². The Morgan fingerprint density at radius 3 is 2.92 bits per heavy atom. The van der Waals surface area contributed by atoms with Crippen LogP contribution < -0.4 is 5.32 Å². The second-order valence-corrected chi connectivity index (χ2v) is 6.58. The summed E-state index contributed by atoms with van der Waals surface area (Å²) >= 11 is 0. The fraction of sp³-hybridized carbons (Fsp3) is 0.706. The number of hydrogen-bond donors (Lipinski definition) is 2. The summed E-state index contributed by atoms with van der Waals surface area (Å²) in [7, 11) is 1.35. The van der Waals surface area contributed by atoms with Crippen molar-refractivity contribution in [2.75, 3.05) is 13.7 Å². The zero-order valence-corrected chi connectivity index (χ0v) is 14.3. The zero-order valence-electron chi connectivity index (χ0n) is 14.3. The van der Waals surface area contributed by atoms with Crippen molar-refractivity contribution in [2.24, 2.45) is 0 Å². The molecule has 132 valence electrons. The lowest BCUT2D eigenvalue weighted by molar-refractivity contribution is -0.127. The number of aromatic nitrogens is 2. The predicted octanol–water partition coefficient (Wildman–Crippen LogP) is 1.92. The number of rotatable bonds is 3. The summed E-state index contributed by atoms with van der Waals surface area (Å²) in [6.07, 6.45) is 7.77. The van der Waals surface area contributed by atoms with E-state index in [1.54, 1.807) is 0 Å². The van der Waals surface area contributed by atoms with Crippen LogP contribution in [0.2, 0.25) is 0 Å². The van der Waals surface area contributed by atoms with Crippen molar-refractivity contribution in [3.05, 3.63) is 17.0 Å². The number of piperidine rings is 1. The second-order valence-electron chi connectivity index (χ2n) is 6.58. The van der Waals surface area contributed by atoms with Crippen molar-refractivity contribution in [1.29, 1.82) is 0 Å². The van der Waals surface area contributed by atoms with Gasteiger partial charge in [0.15, 0.2) is 0 Å². The Labute approximate surface area is 142 Å². The predicted molar refractivity (Wildman–Crippen MR) is 88.4 cm³/mol. The van der Waals surface area contributed by atoms with Gasteiger partial charge in [0.25, 0.3) is 0 Å². The van der Waals surface area contributed by atoms with Crippen LogP contribution in [-0.4, -0.2) is 46.8 Å². The summed E-state index contributed by atoms with van der Waals surface area (Å²) in [6, 6.07) is -0.441. The molecule has 7 nitrogen and oxygen atoms in total. The van der Waals surface area contributed by atoms with Gasteiger partial charge in [-0.1, -0.05) is 6.42 Å². The lowest BCUT2D eigenvalue weighted by atomic mass is 10.0. The Bertz CT molecular complexity index is 599. The molecular weight excluding hydrogens is 308 g/mol. The van der Waals surface area contributed by atoms with Crippen LogP contribution in [0, 0.1) is 0 Å². The Balaban J connectivity index is 1.62. The first-order valence-electron chi connectivity index (χ1n) is 8.88. The number of ether oxygens (including phenoxy) is 1. The molecule has 1 aliphatic carbocycles. The number of carbonyl (C=O) groups is 2. The van der Waals surface area contributed by atoms with E-state index in [1.807, 2.05) is 0 Å². The standard InChI is InChI=1S/C17H26N4O3/c1-24-17(23)21-10-6-5-9-15(21)16(22)18-11-14-12-7-3-2-4-8-13(12)19-20-14/h15H,2-11H2,1H3,(H,18,22)(H,19,20)/t15-/m0/s1. The van der Waals surface area contributed by atoms with E-state index in [0.717, 1.165) is 31.4 Å². The van der Waals surface area contributed by atoms with Crippen LogP contribution in [0.5, 0.6) is 0 Å². The zero-order chi connectivity index (χ0) is 16.9. The van der Waals surface area contributed by atoms with Gasteiger partial charge in [0, 0.05) is 12.2 Å². The van der Waals surface area contributed by atoms with Crippen molar-refractivity contribution in [3.63, 3.8) is 0 Å². The first-order chi connectivity index (χ1) is 11.7. The smallest absolute Gasteiger partial charge is 0.410 e. The average molecular weight is 334 g/mol. The van der Waals surface area contributed by atoms with Crippen LogP contribution in [0.25, 0.3) is 0 Å². The molecule has 1 atom stereocenters. The number of nitrogens with zero attached hydrogens (tertiary/aromatic N) is 2. The van der Waals surface area contributed by atoms with E-state index in [9.17, 15) is 9.59 Å². The van der Waals surface area contributed by atoms with E-state index in [2.05, 4.69) is 15.5 Å². The van der Waals surface area contributed by atoms with Gasteiger partial charge in [0.2, 0.25) is 5.91 Å². The Hall–Kier alpha value is -2.05. The number of nitrogens with one attached hydrogen (secondary N) is 2. The van der Waals surface area contributed by atoms with E-state index < -0.39 is 12.1 Å². The molecule has 0 unspecified atom stereocenters. The first-order valence-corrected chi connectivity index (χ1v) is 8.88. The fourth-order valence-corrected chi connectivity index (χ4v) is 3.70. The molecule has 2 N–H and O–H groups in total. The van der Waals surface area contributed by atoms with Crippen LogP contribution in [0.15, 0.2) is 0 Å². The summed E-state index contributed by atoms with van der Waals surface area (Å²) in [4.78, 5) is 25.9. The highest BCUT2D eigenvalue weighted by Crippen LogP contribution is 2.22. The third-order valence-corrected chi connectivity index (χ3v) is 5.04. The highest BCUT2D eigenvalue weighted by atomic mass is 16.5. The van der Waals surface area contributed by atoms with Gasteiger partial charge in [0.05, 0.1) is 19.3 Å². The number of aryl methyl sites for hydroxylation is 1. The Morgan fingerprint density at radius 2 is 2.08 bits per heavy atom. The summed E-state index contributed by atoms with van der Waals surface area (Å²) in [5, 5.41) is 10.5. The molecule has 1 aliphatic heterocycles. The number of carbonyl (C=O) groups excluding carboxylic acids is 2. The molecule has 1 fully saturated rings. The topological polar surface area (TPSA) is 87.3 Å². The van der Waals surface area contributed by atoms with Gasteiger partial charge in [-0.15, -0.1) is 0 Å². The normalized spacial score (nSPS) is 20.9. The van der Waals surface area contributed by atoms with E-state index in [0.29, 0.717) is 19.5 Å². The third-order valence-electron chi connectivity index (χ3n) is 5.04. The third kappa shape index (κ3) is 3.55. The lowest BCUT2D eigenvalue weighted by Gasteiger charge is -2.33. The Morgan fingerprint density at radius 1 is 1.25 bits per heavy atom. The molecule has 0 aromatic carbocycles. The second kappa shape index (κ2) is 7.68. The molecule has 2 heterocycles. The van der Waals surface area contributed by atoms with Crippen molar-refractivity contribution in [2.45, 2.75) is 64.0 Å². The van der Waals surface area contributed by atoms with E-state index in [-0.39, 0.29) is 5.91 Å². The lowest BCUT2D eigenvalue weighted by Crippen LogP contribution is -2.51. The minimum absolute atomic E-state index is 0.120. The summed E-state index contributed by atoms with van der Waals surface area (Å²) < 4.78 is 4.80. The van der Waals surface area contributed by atoms with Crippen LogP contribution in [-0.2, 0) is 28.9 Å². The maximum Gasteiger partial charge on any atom is 0.410 e. The fourth-order valence-electron chi connectivity index (χ4n) is 3.70. The van der Waals surface area contributed by atoms with Crippen molar-refractivity contribution in [1.82, 2.24) is 20.4 Å². The van der Waals surface area contributed by atoms with E-state index in [4.69, 9.17) is 4.74 Å². The summed E-state index contributed by atoms with van der Waals surface area (Å²) in [5.41, 5.74) is 3.41. The highest BCUT2D eigenvalue weighted by molar-refractivity contribution is 5.85. The quantitative estimate of drug-likeness (QED) is 0.827.